The lowest BCUT2D eigenvalue weighted by molar-refractivity contribution is -0.384. The number of hydroxylamine groups is 2. The predicted molar refractivity (Wildman–Crippen MR) is 340 cm³/mol. The number of carbonyl (C=O) groups excluding carboxylic acids is 7. The number of nitrogens with zero attached hydrogens (tertiary/aromatic N) is 4. The predicted octanol–water partition coefficient (Wildman–Crippen LogP) is 12.4. The topological polar surface area (TPSA) is 257 Å². The van der Waals surface area contributed by atoms with Gasteiger partial charge in [0, 0.05) is 49.0 Å². The minimum atomic E-state index is -0.490. The molecule has 6 atom stereocenters. The van der Waals surface area contributed by atoms with Gasteiger partial charge in [0.05, 0.1) is 58.1 Å². The van der Waals surface area contributed by atoms with Crippen LogP contribution < -0.4 is 5.73 Å². The third kappa shape index (κ3) is 20.9. The second-order valence-corrected chi connectivity index (χ2v) is 27.2. The Morgan fingerprint density at radius 3 is 1.14 bits per heavy atom. The fourth-order valence-corrected chi connectivity index (χ4v) is 11.1. The Labute approximate surface area is 523 Å². The van der Waals surface area contributed by atoms with Gasteiger partial charge in [0.1, 0.15) is 11.9 Å². The molecule has 0 spiro atoms. The van der Waals surface area contributed by atoms with E-state index in [1.165, 1.54) is 71.9 Å². The number of non-ortho nitro benzene ring substituents is 1. The average molecular weight is 1220 g/mol. The first-order valence-corrected chi connectivity index (χ1v) is 32.3. The molecule has 3 unspecified atom stereocenters. The Morgan fingerprint density at radius 1 is 0.534 bits per heavy atom. The molecule has 6 saturated carbocycles. The summed E-state index contributed by atoms with van der Waals surface area (Å²) in [7, 11) is 3.07. The van der Waals surface area contributed by atoms with Gasteiger partial charge in [-0.3, -0.25) is 53.5 Å². The molecular weight excluding hydrogens is 1120 g/mol. The maximum atomic E-state index is 12.4. The van der Waals surface area contributed by atoms with Crippen LogP contribution in [0.1, 0.15) is 219 Å². The molecule has 6 fully saturated rings. The second-order valence-electron chi connectivity index (χ2n) is 27.2. The van der Waals surface area contributed by atoms with Gasteiger partial charge in [-0.1, -0.05) is 107 Å². The number of ether oxygens (including phenoxy) is 1. The second kappa shape index (κ2) is 33.0. The molecule has 0 saturated heterocycles. The number of rotatable bonds is 19. The van der Waals surface area contributed by atoms with Crippen molar-refractivity contribution in [2.75, 3.05) is 14.2 Å². The number of esters is 1. The highest BCUT2D eigenvalue weighted by Crippen LogP contribution is 2.43. The van der Waals surface area contributed by atoms with Crippen LogP contribution in [0.25, 0.3) is 0 Å². The number of fused-ring (bicyclic) bond motifs is 2. The molecule has 486 valence electrons. The van der Waals surface area contributed by atoms with Gasteiger partial charge in [-0.2, -0.15) is 0 Å². The summed E-state index contributed by atoms with van der Waals surface area (Å²) in [6.07, 6.45) is 13.8. The third-order valence-corrected chi connectivity index (χ3v) is 17.2. The number of nitrogens with two attached hydrogens (primary N) is 1. The van der Waals surface area contributed by atoms with Crippen molar-refractivity contribution >= 4 is 47.0 Å². The minimum Gasteiger partial charge on any atom is -0.458 e. The zero-order valence-corrected chi connectivity index (χ0v) is 55.1. The van der Waals surface area contributed by atoms with E-state index >= 15 is 0 Å². The van der Waals surface area contributed by atoms with Crippen molar-refractivity contribution in [1.29, 1.82) is 0 Å². The molecule has 4 N–H and O–H groups in total. The van der Waals surface area contributed by atoms with Gasteiger partial charge in [-0.05, 0) is 174 Å². The number of carbonyl (C=O) groups is 7. The van der Waals surface area contributed by atoms with Crippen molar-refractivity contribution in [1.82, 2.24) is 14.9 Å². The molecule has 18 heteroatoms. The van der Waals surface area contributed by atoms with E-state index in [2.05, 4.69) is 46.4 Å². The van der Waals surface area contributed by atoms with Crippen LogP contribution >= 0.6 is 0 Å². The van der Waals surface area contributed by atoms with E-state index in [9.17, 15) is 53.9 Å². The quantitative estimate of drug-likeness (QED) is 0.0437. The molecule has 3 aromatic rings. The number of hydrogen-bond donors (Lipinski definition) is 3. The van der Waals surface area contributed by atoms with E-state index in [1.54, 1.807) is 43.4 Å². The zero-order chi connectivity index (χ0) is 65.6. The molecule has 2 aliphatic heterocycles. The number of nitro benzene ring substituents is 1. The minimum absolute atomic E-state index is 0.00231. The van der Waals surface area contributed by atoms with Crippen LogP contribution in [0.5, 0.6) is 0 Å². The number of hydrogen-bond acceptors (Lipinski definition) is 14. The number of benzene rings is 3. The molecule has 2 heterocycles. The number of ketones is 1. The maximum Gasteiger partial charge on any atom is 0.338 e. The van der Waals surface area contributed by atoms with Crippen LogP contribution in [0, 0.1) is 81.1 Å². The van der Waals surface area contributed by atoms with Crippen molar-refractivity contribution in [3.63, 3.8) is 0 Å². The molecule has 6 aliphatic carbocycles. The first kappa shape index (κ1) is 72.5. The van der Waals surface area contributed by atoms with Crippen molar-refractivity contribution in [3.8, 4) is 0 Å². The maximum absolute atomic E-state index is 12.4. The van der Waals surface area contributed by atoms with E-state index in [1.807, 2.05) is 60.6 Å². The van der Waals surface area contributed by atoms with Crippen molar-refractivity contribution in [2.24, 2.45) is 76.7 Å². The van der Waals surface area contributed by atoms with E-state index < -0.39 is 10.9 Å². The van der Waals surface area contributed by atoms with Gasteiger partial charge >= 0.3 is 5.97 Å². The highest BCUT2D eigenvalue weighted by molar-refractivity contribution is 6.22. The molecule has 5 amide bonds. The smallest absolute Gasteiger partial charge is 0.338 e. The molecule has 0 radical (unpaired) electrons. The number of Topliss-reactive ketones (excluding diaryl/α,β-unsaturated/α-hetero) is 1. The summed E-state index contributed by atoms with van der Waals surface area (Å²) in [4.78, 5) is 101. The Bertz CT molecular complexity index is 2620. The Kier molecular flexibility index (Phi) is 27.2. The van der Waals surface area contributed by atoms with Crippen LogP contribution in [0.2, 0.25) is 0 Å². The van der Waals surface area contributed by atoms with Crippen LogP contribution in [-0.2, 0) is 19.2 Å². The molecular formula is C70H103N5O13. The molecule has 8 aliphatic rings. The number of aliphatic hydroxyl groups excluding tert-OH is 2. The zero-order valence-electron chi connectivity index (χ0n) is 55.1. The normalized spacial score (nSPS) is 19.3. The first-order chi connectivity index (χ1) is 41.4. The fraction of sp³-hybridized carbons (Fsp3) is 0.643. The number of amides is 5. The number of nitro groups is 1. The van der Waals surface area contributed by atoms with E-state index in [4.69, 9.17) is 10.5 Å². The summed E-state index contributed by atoms with van der Waals surface area (Å²) in [5, 5.41) is 30.3. The summed E-state index contributed by atoms with van der Waals surface area (Å²) in [5.74, 6) is 4.37. The van der Waals surface area contributed by atoms with Crippen molar-refractivity contribution in [2.45, 2.75) is 203 Å². The molecule has 3 aromatic carbocycles. The molecule has 88 heavy (non-hydrogen) atoms. The third-order valence-electron chi connectivity index (χ3n) is 17.2. The largest absolute Gasteiger partial charge is 0.458 e. The van der Waals surface area contributed by atoms with Crippen molar-refractivity contribution < 1.29 is 58.3 Å². The Hall–Kier alpha value is -6.21. The van der Waals surface area contributed by atoms with E-state index in [0.717, 1.165) is 51.4 Å². The number of imide groups is 2. The van der Waals surface area contributed by atoms with Crippen LogP contribution in [0.15, 0.2) is 72.8 Å². The van der Waals surface area contributed by atoms with Crippen LogP contribution in [0.3, 0.4) is 0 Å². The van der Waals surface area contributed by atoms with Crippen LogP contribution in [0.4, 0.5) is 5.69 Å². The van der Waals surface area contributed by atoms with Gasteiger partial charge < -0.3 is 20.7 Å². The summed E-state index contributed by atoms with van der Waals surface area (Å²) in [6.45, 7) is 26.0. The summed E-state index contributed by atoms with van der Waals surface area (Å²) < 4.78 is 5.51. The van der Waals surface area contributed by atoms with Crippen molar-refractivity contribution in [3.05, 3.63) is 111 Å². The standard InChI is InChI=1S/C15H17NO2.C14H16N2O2.C14H17NO4.2C7H14O.C7H12O.C6H13NO2/c1-9(2)13(10-7-8-10)16-14(17)11-5-3-4-6-12(11)15(16)18;1-8(15)12(9-6-7-9)16-13(17)10-4-2-3-5-11(10)14(16)18;1-9(2)13(10-3-4-10)19-14(16)11-5-7-12(8-6-11)15(17)18;3*1-5(2)7(8)6-3-4-6;1-5(2)6(8)7(3)9-4/h3-6,9-10,13H,7-8H2,1-2H3;2-5,8-9,12H,6-7,15H2,1H3;5-10,13H,3-4H2,1-2H3;2*5-8H,3-4H2,1-2H3;5-6H,3-4H2,1-2H3;5H,1-4H3/t13-;8-,12-;;;;;/m11...../s1. The molecule has 18 nitrogen and oxygen atoms in total. The lowest BCUT2D eigenvalue weighted by Crippen LogP contribution is -2.50. The summed E-state index contributed by atoms with van der Waals surface area (Å²) >= 11 is 0. The highest BCUT2D eigenvalue weighted by atomic mass is 16.7. The van der Waals surface area contributed by atoms with Gasteiger partial charge in [0.2, 0.25) is 5.91 Å². The SMILES string of the molecule is CC(C)C(=O)C1CC1.CC(C)C(O)C1CC1.CC(C)C(O)C1CC1.CC(C)C(OC(=O)c1ccc([N+](=O)[O-])cc1)C1CC1.CC(C)[C@H](C1CC1)N1C(=O)c2ccccc2C1=O.CON(C)C(=O)C(C)C.C[C@@H](N)[C@H](C1CC1)N1C(=O)c2ccccc2C1=O. The first-order valence-electron chi connectivity index (χ1n) is 32.3. The van der Waals surface area contributed by atoms with Gasteiger partial charge in [0.15, 0.2) is 0 Å². The molecule has 0 aromatic heterocycles. The lowest BCUT2D eigenvalue weighted by atomic mass is 9.98. The van der Waals surface area contributed by atoms with Crippen LogP contribution in [-0.4, -0.2) is 122 Å². The highest BCUT2D eigenvalue weighted by Gasteiger charge is 2.48. The molecule has 11 rings (SSSR count). The van der Waals surface area contributed by atoms with E-state index in [-0.39, 0.29) is 89.4 Å². The lowest BCUT2D eigenvalue weighted by Gasteiger charge is -2.29. The van der Waals surface area contributed by atoms with Gasteiger partial charge in [-0.15, -0.1) is 0 Å². The van der Waals surface area contributed by atoms with Gasteiger partial charge in [0.25, 0.3) is 29.3 Å². The average Bonchev–Trinajstić information content (AvgIpc) is 2.20. The summed E-state index contributed by atoms with van der Waals surface area (Å²) in [5.41, 5.74) is 8.44. The number of aliphatic hydroxyl groups is 2. The monoisotopic (exact) mass is 1220 g/mol. The molecule has 0 bridgehead atoms. The van der Waals surface area contributed by atoms with E-state index in [0.29, 0.717) is 86.9 Å². The Balaban J connectivity index is 0.000000194. The summed E-state index contributed by atoms with van der Waals surface area (Å²) in [6, 6.07) is 19.3. The fourth-order valence-electron chi connectivity index (χ4n) is 11.1. The Morgan fingerprint density at radius 2 is 0.898 bits per heavy atom. The van der Waals surface area contributed by atoms with Gasteiger partial charge in [-0.25, -0.2) is 9.86 Å².